The number of methoxy groups -OCH3 is 1. The summed E-state index contributed by atoms with van der Waals surface area (Å²) in [6.45, 7) is 13.1. The number of aromatic nitrogens is 3. The van der Waals surface area contributed by atoms with E-state index >= 15 is 0 Å². The van der Waals surface area contributed by atoms with Crippen LogP contribution in [-0.4, -0.2) is 76.6 Å². The van der Waals surface area contributed by atoms with Crippen LogP contribution in [0.15, 0.2) is 4.99 Å². The first-order valence-corrected chi connectivity index (χ1v) is 10.7. The molecule has 0 aliphatic carbocycles. The second kappa shape index (κ2) is 13.0. The van der Waals surface area contributed by atoms with Crippen LogP contribution in [-0.2, 0) is 29.0 Å². The third kappa shape index (κ3) is 9.17. The number of guanidine groups is 1. The molecule has 1 unspecified atom stereocenters. The van der Waals surface area contributed by atoms with Crippen molar-refractivity contribution < 1.29 is 14.3 Å². The highest BCUT2D eigenvalue weighted by Crippen LogP contribution is 2.13. The highest BCUT2D eigenvalue weighted by molar-refractivity contribution is 14.0. The van der Waals surface area contributed by atoms with E-state index in [1.807, 2.05) is 39.3 Å². The SMILES string of the molecule is CCNC(=NCCN(CC)C(=O)OC(C)(C)C)NC1CCc2nc(COC)nn2C1.I. The maximum atomic E-state index is 12.3. The molecular formula is C20H38IN7O3. The van der Waals surface area contributed by atoms with E-state index in [1.54, 1.807) is 12.0 Å². The summed E-state index contributed by atoms with van der Waals surface area (Å²) in [4.78, 5) is 23.1. The van der Waals surface area contributed by atoms with Gasteiger partial charge in [0, 0.05) is 39.2 Å². The number of hydrogen-bond acceptors (Lipinski definition) is 6. The van der Waals surface area contributed by atoms with E-state index in [0.717, 1.165) is 43.5 Å². The minimum atomic E-state index is -0.505. The lowest BCUT2D eigenvalue weighted by molar-refractivity contribution is 0.0266. The molecule has 1 aliphatic rings. The normalized spacial score (nSPS) is 16.2. The molecule has 1 aromatic rings. The summed E-state index contributed by atoms with van der Waals surface area (Å²) in [5, 5.41) is 11.3. The molecule has 1 amide bonds. The van der Waals surface area contributed by atoms with Gasteiger partial charge in [-0.25, -0.2) is 14.5 Å². The maximum absolute atomic E-state index is 12.3. The zero-order valence-corrected chi connectivity index (χ0v) is 21.9. The van der Waals surface area contributed by atoms with Crippen molar-refractivity contribution in [2.45, 2.75) is 72.3 Å². The maximum Gasteiger partial charge on any atom is 0.410 e. The quantitative estimate of drug-likeness (QED) is 0.290. The Bertz CT molecular complexity index is 718. The molecule has 1 atom stereocenters. The van der Waals surface area contributed by atoms with E-state index in [-0.39, 0.29) is 36.1 Å². The van der Waals surface area contributed by atoms with Crippen molar-refractivity contribution in [1.82, 2.24) is 30.3 Å². The molecule has 10 nitrogen and oxygen atoms in total. The number of amides is 1. The topological polar surface area (TPSA) is 106 Å². The number of likely N-dealkylation sites (N-methyl/N-ethyl adjacent to an activating group) is 1. The second-order valence-electron chi connectivity index (χ2n) is 8.26. The van der Waals surface area contributed by atoms with E-state index in [0.29, 0.717) is 26.2 Å². The van der Waals surface area contributed by atoms with Crippen molar-refractivity contribution in [3.8, 4) is 0 Å². The summed E-state index contributed by atoms with van der Waals surface area (Å²) in [6.07, 6.45) is 1.50. The highest BCUT2D eigenvalue weighted by atomic mass is 127. The minimum Gasteiger partial charge on any atom is -0.444 e. The van der Waals surface area contributed by atoms with Gasteiger partial charge in [-0.05, 0) is 41.0 Å². The van der Waals surface area contributed by atoms with E-state index in [9.17, 15) is 4.79 Å². The van der Waals surface area contributed by atoms with Gasteiger partial charge in [0.15, 0.2) is 11.8 Å². The van der Waals surface area contributed by atoms with Crippen molar-refractivity contribution in [2.75, 3.05) is 33.3 Å². The molecule has 2 heterocycles. The molecular weight excluding hydrogens is 513 g/mol. The lowest BCUT2D eigenvalue weighted by atomic mass is 10.1. The Labute approximate surface area is 202 Å². The number of carbonyl (C=O) groups is 1. The molecule has 0 spiro atoms. The summed E-state index contributed by atoms with van der Waals surface area (Å²) in [5.74, 6) is 2.46. The zero-order chi connectivity index (χ0) is 22.1. The van der Waals surface area contributed by atoms with Crippen molar-refractivity contribution in [2.24, 2.45) is 4.99 Å². The number of nitrogens with one attached hydrogen (secondary N) is 2. The molecule has 1 aromatic heterocycles. The molecule has 0 bridgehead atoms. The number of halogens is 1. The van der Waals surface area contributed by atoms with Gasteiger partial charge in [0.25, 0.3) is 0 Å². The molecule has 11 heteroatoms. The standard InChI is InChI=1S/C20H37N7O3.HI/c1-7-21-18(22-11-12-26(8-2)19(28)30-20(3,4)5)23-15-9-10-17-24-16(14-29-6)25-27(17)13-15;/h15H,7-14H2,1-6H3,(H2,21,22,23);1H. The number of carbonyl (C=O) groups excluding carboxylic acids is 1. The van der Waals surface area contributed by atoms with Gasteiger partial charge >= 0.3 is 6.09 Å². The molecule has 1 aliphatic heterocycles. The van der Waals surface area contributed by atoms with Gasteiger partial charge in [0.05, 0.1) is 13.1 Å². The van der Waals surface area contributed by atoms with Crippen molar-refractivity contribution >= 4 is 36.0 Å². The van der Waals surface area contributed by atoms with Gasteiger partial charge in [-0.15, -0.1) is 24.0 Å². The first-order chi connectivity index (χ1) is 14.3. The van der Waals surface area contributed by atoms with Crippen LogP contribution < -0.4 is 10.6 Å². The third-order valence-corrected chi connectivity index (χ3v) is 4.53. The smallest absolute Gasteiger partial charge is 0.410 e. The van der Waals surface area contributed by atoms with Crippen molar-refractivity contribution in [3.05, 3.63) is 11.6 Å². The lowest BCUT2D eigenvalue weighted by Gasteiger charge is -2.27. The van der Waals surface area contributed by atoms with Crippen LogP contribution in [0.4, 0.5) is 4.79 Å². The summed E-state index contributed by atoms with van der Waals surface area (Å²) in [6, 6.07) is 0.209. The largest absolute Gasteiger partial charge is 0.444 e. The van der Waals surface area contributed by atoms with Gasteiger partial charge in [0.2, 0.25) is 0 Å². The van der Waals surface area contributed by atoms with Crippen LogP contribution >= 0.6 is 24.0 Å². The Morgan fingerprint density at radius 3 is 2.71 bits per heavy atom. The number of aliphatic imine (C=N–C) groups is 1. The highest BCUT2D eigenvalue weighted by Gasteiger charge is 2.23. The summed E-state index contributed by atoms with van der Waals surface area (Å²) >= 11 is 0. The van der Waals surface area contributed by atoms with Crippen molar-refractivity contribution in [3.63, 3.8) is 0 Å². The summed E-state index contributed by atoms with van der Waals surface area (Å²) in [7, 11) is 1.64. The van der Waals surface area contributed by atoms with Crippen LogP contribution in [0.3, 0.4) is 0 Å². The number of hydrogen-bond donors (Lipinski definition) is 2. The fourth-order valence-electron chi connectivity index (χ4n) is 3.17. The van der Waals surface area contributed by atoms with Crippen molar-refractivity contribution in [1.29, 1.82) is 0 Å². The van der Waals surface area contributed by atoms with E-state index in [1.165, 1.54) is 0 Å². The fraction of sp³-hybridized carbons (Fsp3) is 0.800. The van der Waals surface area contributed by atoms with Crippen LogP contribution in [0.1, 0.15) is 52.7 Å². The van der Waals surface area contributed by atoms with Crippen LogP contribution in [0.2, 0.25) is 0 Å². The Hall–Kier alpha value is -1.63. The predicted molar refractivity (Wildman–Crippen MR) is 131 cm³/mol. The Morgan fingerprint density at radius 2 is 2.10 bits per heavy atom. The number of rotatable bonds is 8. The molecule has 2 N–H and O–H groups in total. The fourth-order valence-corrected chi connectivity index (χ4v) is 3.17. The zero-order valence-electron chi connectivity index (χ0n) is 19.6. The van der Waals surface area contributed by atoms with Crippen LogP contribution in [0, 0.1) is 0 Å². The van der Waals surface area contributed by atoms with E-state index in [2.05, 4.69) is 25.7 Å². The Balaban J connectivity index is 0.00000480. The van der Waals surface area contributed by atoms with Crippen LogP contribution in [0.5, 0.6) is 0 Å². The Morgan fingerprint density at radius 1 is 1.35 bits per heavy atom. The minimum absolute atomic E-state index is 0. The average molecular weight is 551 g/mol. The predicted octanol–water partition coefficient (Wildman–Crippen LogP) is 2.17. The van der Waals surface area contributed by atoms with Gasteiger partial charge < -0.3 is 25.0 Å². The van der Waals surface area contributed by atoms with Gasteiger partial charge in [-0.1, -0.05) is 0 Å². The number of aryl methyl sites for hydroxylation is 1. The van der Waals surface area contributed by atoms with Gasteiger partial charge in [0.1, 0.15) is 18.0 Å². The van der Waals surface area contributed by atoms with Gasteiger partial charge in [-0.3, -0.25) is 4.99 Å². The number of nitrogens with zero attached hydrogens (tertiary/aromatic N) is 5. The number of fused-ring (bicyclic) bond motifs is 1. The first kappa shape index (κ1) is 27.4. The average Bonchev–Trinajstić information content (AvgIpc) is 3.05. The molecule has 0 aromatic carbocycles. The molecule has 178 valence electrons. The first-order valence-electron chi connectivity index (χ1n) is 10.7. The summed E-state index contributed by atoms with van der Waals surface area (Å²) in [5.41, 5.74) is -0.505. The van der Waals surface area contributed by atoms with E-state index < -0.39 is 5.60 Å². The Kier molecular flexibility index (Phi) is 11.5. The lowest BCUT2D eigenvalue weighted by Crippen LogP contribution is -2.47. The third-order valence-electron chi connectivity index (χ3n) is 4.53. The monoisotopic (exact) mass is 551 g/mol. The molecule has 2 rings (SSSR count). The number of ether oxygens (including phenoxy) is 2. The molecule has 31 heavy (non-hydrogen) atoms. The molecule has 0 fully saturated rings. The molecule has 0 saturated heterocycles. The second-order valence-corrected chi connectivity index (χ2v) is 8.26. The molecule has 0 radical (unpaired) electrons. The van der Waals surface area contributed by atoms with E-state index in [4.69, 9.17) is 9.47 Å². The molecule has 0 saturated carbocycles. The summed E-state index contributed by atoms with van der Waals surface area (Å²) < 4.78 is 12.5. The van der Waals surface area contributed by atoms with Gasteiger partial charge in [-0.2, -0.15) is 5.10 Å². The van der Waals surface area contributed by atoms with Crippen LogP contribution in [0.25, 0.3) is 0 Å².